The Morgan fingerprint density at radius 2 is 1.94 bits per heavy atom. The summed E-state index contributed by atoms with van der Waals surface area (Å²) in [6, 6.07) is 9.09. The third kappa shape index (κ3) is 5.12. The number of benzene rings is 1. The van der Waals surface area contributed by atoms with Gasteiger partial charge in [0.25, 0.3) is 0 Å². The van der Waals surface area contributed by atoms with Crippen LogP contribution in [0.5, 0.6) is 0 Å². The number of nitrogens with zero attached hydrogens (tertiary/aromatic N) is 5. The predicted octanol–water partition coefficient (Wildman–Crippen LogP) is 4.00. The standard InChI is InChI=1S/C21H23F3N6O/c1-13-3-5-15(6-4-13)11-29-12-25-20(28-29)26-19(31)14(2)10-30-17(16-7-8-16)9-18(27-30)21(22,23)24/h3-6,9,12,14,16H,7-8,10-11H2,1-2H3,(H,26,28,31). The lowest BCUT2D eigenvalue weighted by Crippen LogP contribution is -2.26. The maximum atomic E-state index is 13.1. The van der Waals surface area contributed by atoms with Crippen LogP contribution in [-0.4, -0.2) is 30.5 Å². The van der Waals surface area contributed by atoms with Gasteiger partial charge >= 0.3 is 6.18 Å². The number of carbonyl (C=O) groups is 1. The fourth-order valence-electron chi connectivity index (χ4n) is 3.31. The van der Waals surface area contributed by atoms with Crippen molar-refractivity contribution in [1.82, 2.24) is 24.5 Å². The van der Waals surface area contributed by atoms with Crippen molar-refractivity contribution in [3.63, 3.8) is 0 Å². The molecule has 0 saturated heterocycles. The first-order chi connectivity index (χ1) is 14.7. The van der Waals surface area contributed by atoms with Gasteiger partial charge in [0.15, 0.2) is 5.69 Å². The molecule has 0 radical (unpaired) electrons. The van der Waals surface area contributed by atoms with Crippen molar-refractivity contribution < 1.29 is 18.0 Å². The van der Waals surface area contributed by atoms with E-state index in [-0.39, 0.29) is 24.3 Å². The minimum Gasteiger partial charge on any atom is -0.293 e. The van der Waals surface area contributed by atoms with E-state index < -0.39 is 17.8 Å². The molecule has 3 aromatic rings. The molecule has 2 aromatic heterocycles. The summed E-state index contributed by atoms with van der Waals surface area (Å²) in [4.78, 5) is 16.7. The van der Waals surface area contributed by atoms with E-state index in [1.165, 1.54) is 11.0 Å². The molecule has 1 saturated carbocycles. The lowest BCUT2D eigenvalue weighted by atomic mass is 10.1. The van der Waals surface area contributed by atoms with Crippen molar-refractivity contribution in [3.05, 3.63) is 59.2 Å². The van der Waals surface area contributed by atoms with Gasteiger partial charge in [-0.1, -0.05) is 36.8 Å². The van der Waals surface area contributed by atoms with Gasteiger partial charge in [-0.25, -0.2) is 9.67 Å². The molecule has 1 N–H and O–H groups in total. The predicted molar refractivity (Wildman–Crippen MR) is 107 cm³/mol. The summed E-state index contributed by atoms with van der Waals surface area (Å²) < 4.78 is 42.1. The number of nitrogens with one attached hydrogen (secondary N) is 1. The summed E-state index contributed by atoms with van der Waals surface area (Å²) in [5, 5.41) is 10.6. The van der Waals surface area contributed by atoms with Crippen molar-refractivity contribution in [1.29, 1.82) is 0 Å². The maximum Gasteiger partial charge on any atom is 0.435 e. The molecule has 164 valence electrons. The Morgan fingerprint density at radius 3 is 2.58 bits per heavy atom. The average Bonchev–Trinajstić information content (AvgIpc) is 3.31. The van der Waals surface area contributed by atoms with Crippen LogP contribution < -0.4 is 5.32 Å². The molecular formula is C21H23F3N6O. The van der Waals surface area contributed by atoms with E-state index in [1.807, 2.05) is 31.2 Å². The van der Waals surface area contributed by atoms with E-state index in [0.29, 0.717) is 12.2 Å². The quantitative estimate of drug-likeness (QED) is 0.612. The van der Waals surface area contributed by atoms with Gasteiger partial charge in [0.2, 0.25) is 11.9 Å². The number of amides is 1. The second-order valence-electron chi connectivity index (χ2n) is 8.05. The van der Waals surface area contributed by atoms with Gasteiger partial charge in [0, 0.05) is 11.6 Å². The highest BCUT2D eigenvalue weighted by Gasteiger charge is 2.38. The molecule has 1 atom stereocenters. The zero-order valence-electron chi connectivity index (χ0n) is 17.2. The first-order valence-corrected chi connectivity index (χ1v) is 10.1. The van der Waals surface area contributed by atoms with Crippen LogP contribution in [0.4, 0.5) is 19.1 Å². The summed E-state index contributed by atoms with van der Waals surface area (Å²) >= 11 is 0. The number of rotatable bonds is 7. The number of hydrogen-bond donors (Lipinski definition) is 1. The van der Waals surface area contributed by atoms with Gasteiger partial charge < -0.3 is 0 Å². The number of alkyl halides is 3. The van der Waals surface area contributed by atoms with E-state index in [1.54, 1.807) is 11.6 Å². The summed E-state index contributed by atoms with van der Waals surface area (Å²) in [5.74, 6) is -0.748. The number of aryl methyl sites for hydroxylation is 1. The van der Waals surface area contributed by atoms with Gasteiger partial charge in [0.1, 0.15) is 6.33 Å². The fourth-order valence-corrected chi connectivity index (χ4v) is 3.31. The third-order valence-corrected chi connectivity index (χ3v) is 5.23. The normalized spacial score (nSPS) is 15.1. The van der Waals surface area contributed by atoms with Crippen LogP contribution >= 0.6 is 0 Å². The molecule has 1 fully saturated rings. The van der Waals surface area contributed by atoms with E-state index >= 15 is 0 Å². The highest BCUT2D eigenvalue weighted by molar-refractivity contribution is 5.90. The van der Waals surface area contributed by atoms with Crippen LogP contribution in [0.25, 0.3) is 0 Å². The Kier molecular flexibility index (Phi) is 5.55. The Morgan fingerprint density at radius 1 is 1.23 bits per heavy atom. The van der Waals surface area contributed by atoms with E-state index in [2.05, 4.69) is 20.5 Å². The average molecular weight is 432 g/mol. The third-order valence-electron chi connectivity index (χ3n) is 5.23. The molecule has 4 rings (SSSR count). The molecule has 31 heavy (non-hydrogen) atoms. The molecule has 1 unspecified atom stereocenters. The molecule has 10 heteroatoms. The number of halogens is 3. The molecule has 0 aliphatic heterocycles. The lowest BCUT2D eigenvalue weighted by molar-refractivity contribution is -0.141. The summed E-state index contributed by atoms with van der Waals surface area (Å²) in [6.07, 6.45) is -1.30. The summed E-state index contributed by atoms with van der Waals surface area (Å²) in [6.45, 7) is 4.22. The molecule has 0 spiro atoms. The van der Waals surface area contributed by atoms with Crippen LogP contribution in [0.1, 0.15) is 48.2 Å². The minimum atomic E-state index is -4.51. The SMILES string of the molecule is Cc1ccc(Cn2cnc(NC(=O)C(C)Cn3nc(C(F)(F)F)cc3C3CC3)n2)cc1. The van der Waals surface area contributed by atoms with Crippen molar-refractivity contribution in [3.8, 4) is 0 Å². The van der Waals surface area contributed by atoms with Gasteiger partial charge in [-0.15, -0.1) is 5.10 Å². The van der Waals surface area contributed by atoms with Crippen LogP contribution in [0, 0.1) is 12.8 Å². The molecule has 1 aromatic carbocycles. The van der Waals surface area contributed by atoms with Crippen molar-refractivity contribution in [2.75, 3.05) is 5.32 Å². The minimum absolute atomic E-state index is 0.0534. The first kappa shape index (κ1) is 21.1. The molecule has 0 bridgehead atoms. The highest BCUT2D eigenvalue weighted by atomic mass is 19.4. The second kappa shape index (κ2) is 8.16. The Balaban J connectivity index is 1.39. The van der Waals surface area contributed by atoms with Gasteiger partial charge in [-0.3, -0.25) is 14.8 Å². The van der Waals surface area contributed by atoms with Crippen molar-refractivity contribution in [2.24, 2.45) is 5.92 Å². The highest BCUT2D eigenvalue weighted by Crippen LogP contribution is 2.42. The summed E-state index contributed by atoms with van der Waals surface area (Å²) in [7, 11) is 0. The number of carbonyl (C=O) groups excluding carboxylic acids is 1. The Labute approximate surface area is 177 Å². The topological polar surface area (TPSA) is 77.6 Å². The molecular weight excluding hydrogens is 409 g/mol. The number of anilines is 1. The largest absolute Gasteiger partial charge is 0.435 e. The molecule has 1 aliphatic rings. The lowest BCUT2D eigenvalue weighted by Gasteiger charge is -2.13. The molecule has 2 heterocycles. The van der Waals surface area contributed by atoms with Gasteiger partial charge in [-0.05, 0) is 31.4 Å². The van der Waals surface area contributed by atoms with Crippen LogP contribution in [-0.2, 0) is 24.1 Å². The van der Waals surface area contributed by atoms with E-state index in [4.69, 9.17) is 0 Å². The monoisotopic (exact) mass is 432 g/mol. The van der Waals surface area contributed by atoms with Gasteiger partial charge in [0.05, 0.1) is 19.0 Å². The zero-order valence-corrected chi connectivity index (χ0v) is 17.2. The Bertz CT molecular complexity index is 1070. The van der Waals surface area contributed by atoms with E-state index in [9.17, 15) is 18.0 Å². The zero-order chi connectivity index (χ0) is 22.2. The molecule has 7 nitrogen and oxygen atoms in total. The Hall–Kier alpha value is -3.17. The van der Waals surface area contributed by atoms with Crippen LogP contribution in [0.2, 0.25) is 0 Å². The number of hydrogen-bond acceptors (Lipinski definition) is 4. The van der Waals surface area contributed by atoms with Crippen LogP contribution in [0.3, 0.4) is 0 Å². The molecule has 1 aliphatic carbocycles. The van der Waals surface area contributed by atoms with Gasteiger partial charge in [-0.2, -0.15) is 18.3 Å². The molecule has 1 amide bonds. The second-order valence-corrected chi connectivity index (χ2v) is 8.05. The van der Waals surface area contributed by atoms with E-state index in [0.717, 1.165) is 30.0 Å². The maximum absolute atomic E-state index is 13.1. The van der Waals surface area contributed by atoms with Crippen molar-refractivity contribution >= 4 is 11.9 Å². The smallest absolute Gasteiger partial charge is 0.293 e. The fraction of sp³-hybridized carbons (Fsp3) is 0.429. The van der Waals surface area contributed by atoms with Crippen LogP contribution in [0.15, 0.2) is 36.7 Å². The first-order valence-electron chi connectivity index (χ1n) is 10.1. The van der Waals surface area contributed by atoms with Crippen molar-refractivity contribution in [2.45, 2.75) is 51.9 Å². The number of aromatic nitrogens is 5. The summed E-state index contributed by atoms with van der Waals surface area (Å²) in [5.41, 5.74) is 1.83.